The molecule has 14 heteroatoms. The molecule has 46 heavy (non-hydrogen) atoms. The number of ether oxygens (including phenoxy) is 1. The van der Waals surface area contributed by atoms with Crippen molar-refractivity contribution in [3.8, 4) is 11.3 Å². The van der Waals surface area contributed by atoms with Crippen LogP contribution in [0.3, 0.4) is 0 Å². The van der Waals surface area contributed by atoms with E-state index in [9.17, 15) is 31.9 Å². The Balaban J connectivity index is 1.38. The zero-order chi connectivity index (χ0) is 33.2. The van der Waals surface area contributed by atoms with Gasteiger partial charge in [0.1, 0.15) is 23.6 Å². The number of esters is 1. The lowest BCUT2D eigenvalue weighted by atomic mass is 9.87. The van der Waals surface area contributed by atoms with Crippen LogP contribution in [0.2, 0.25) is 0 Å². The van der Waals surface area contributed by atoms with Crippen LogP contribution in [-0.2, 0) is 19.9 Å². The van der Waals surface area contributed by atoms with Gasteiger partial charge in [-0.1, -0.05) is 37.1 Å². The number of hydrogen-bond acceptors (Lipinski definition) is 8. The van der Waals surface area contributed by atoms with Crippen molar-refractivity contribution in [2.45, 2.75) is 82.5 Å². The van der Waals surface area contributed by atoms with Gasteiger partial charge in [0.25, 0.3) is 5.91 Å². The minimum absolute atomic E-state index is 0.0237. The minimum atomic E-state index is -5.27. The number of alkyl halides is 3. The monoisotopic (exact) mass is 647 g/mol. The van der Waals surface area contributed by atoms with Gasteiger partial charge in [-0.15, -0.1) is 0 Å². The van der Waals surface area contributed by atoms with Gasteiger partial charge < -0.3 is 24.5 Å². The number of imidazole rings is 1. The van der Waals surface area contributed by atoms with Gasteiger partial charge >= 0.3 is 12.1 Å². The molecule has 2 aromatic heterocycles. The molecular weight excluding hydrogens is 610 g/mol. The third kappa shape index (κ3) is 6.72. The van der Waals surface area contributed by atoms with Gasteiger partial charge in [0.15, 0.2) is 11.4 Å². The predicted octanol–water partition coefficient (Wildman–Crippen LogP) is 5.72. The first-order chi connectivity index (χ1) is 21.8. The SMILES string of the molecule is CCN1CCC2(CC1)C[C@@]2(OC(=O)C(F)(F)F)C(=O)N[C@@](C)(CCCCCC(=O)c1ccon1)c1ncc(-c2ccccc2F)[nH]1. The zero-order valence-electron chi connectivity index (χ0n) is 25.7. The van der Waals surface area contributed by atoms with Gasteiger partial charge in [0.2, 0.25) is 0 Å². The molecule has 1 aliphatic carbocycles. The van der Waals surface area contributed by atoms with E-state index in [4.69, 9.17) is 9.26 Å². The number of H-pyrrole nitrogens is 1. The Kier molecular flexibility index (Phi) is 9.39. The summed E-state index contributed by atoms with van der Waals surface area (Å²) < 4.78 is 64.7. The Morgan fingerprint density at radius 3 is 2.50 bits per heavy atom. The smallest absolute Gasteiger partial charge is 0.442 e. The number of piperidine rings is 1. The molecule has 5 rings (SSSR count). The fourth-order valence-electron chi connectivity index (χ4n) is 6.47. The van der Waals surface area contributed by atoms with E-state index < -0.39 is 40.4 Å². The molecule has 3 heterocycles. The third-order valence-corrected chi connectivity index (χ3v) is 9.40. The van der Waals surface area contributed by atoms with Crippen LogP contribution in [0.25, 0.3) is 11.3 Å². The van der Waals surface area contributed by atoms with Crippen LogP contribution >= 0.6 is 0 Å². The van der Waals surface area contributed by atoms with Crippen LogP contribution in [0, 0.1) is 11.2 Å². The van der Waals surface area contributed by atoms with Crippen molar-refractivity contribution < 1.29 is 41.2 Å². The van der Waals surface area contributed by atoms with E-state index in [1.165, 1.54) is 24.6 Å². The molecule has 1 aromatic carbocycles. The summed E-state index contributed by atoms with van der Waals surface area (Å²) >= 11 is 0. The Morgan fingerprint density at radius 1 is 1.11 bits per heavy atom. The summed E-state index contributed by atoms with van der Waals surface area (Å²) in [5.74, 6) is -3.65. The first-order valence-electron chi connectivity index (χ1n) is 15.4. The highest BCUT2D eigenvalue weighted by Crippen LogP contribution is 2.65. The molecule has 1 amide bonds. The average molecular weight is 648 g/mol. The van der Waals surface area contributed by atoms with Crippen LogP contribution in [0.1, 0.15) is 81.5 Å². The van der Waals surface area contributed by atoms with Crippen molar-refractivity contribution in [1.29, 1.82) is 0 Å². The first-order valence-corrected chi connectivity index (χ1v) is 15.4. The largest absolute Gasteiger partial charge is 0.490 e. The molecule has 0 bridgehead atoms. The lowest BCUT2D eigenvalue weighted by Gasteiger charge is -2.36. The van der Waals surface area contributed by atoms with Crippen LogP contribution in [-0.4, -0.2) is 69.1 Å². The molecule has 1 saturated carbocycles. The summed E-state index contributed by atoms with van der Waals surface area (Å²) in [4.78, 5) is 48.2. The van der Waals surface area contributed by atoms with E-state index in [1.807, 2.05) is 6.92 Å². The van der Waals surface area contributed by atoms with Gasteiger partial charge in [-0.25, -0.2) is 14.2 Å². The number of rotatable bonds is 13. The van der Waals surface area contributed by atoms with E-state index in [0.717, 1.165) is 6.54 Å². The first kappa shape index (κ1) is 33.3. The highest BCUT2D eigenvalue weighted by Gasteiger charge is 2.76. The molecule has 2 atom stereocenters. The van der Waals surface area contributed by atoms with Crippen LogP contribution in [0.5, 0.6) is 0 Å². The number of likely N-dealkylation sites (tertiary alicyclic amines) is 1. The number of Topliss-reactive ketones (excluding diaryl/α,β-unsaturated/α-hetero) is 1. The molecule has 3 aromatic rings. The van der Waals surface area contributed by atoms with Crippen molar-refractivity contribution in [2.75, 3.05) is 19.6 Å². The molecule has 248 valence electrons. The molecule has 10 nitrogen and oxygen atoms in total. The topological polar surface area (TPSA) is 130 Å². The van der Waals surface area contributed by atoms with Crippen molar-refractivity contribution >= 4 is 17.7 Å². The third-order valence-electron chi connectivity index (χ3n) is 9.40. The van der Waals surface area contributed by atoms with E-state index in [1.54, 1.807) is 25.1 Å². The number of aromatic nitrogens is 3. The maximum atomic E-state index is 14.6. The normalized spacial score (nSPS) is 20.7. The number of ketones is 1. The lowest BCUT2D eigenvalue weighted by molar-refractivity contribution is -0.210. The number of benzene rings is 1. The Bertz CT molecular complexity index is 1550. The van der Waals surface area contributed by atoms with E-state index >= 15 is 0 Å². The number of nitrogens with one attached hydrogen (secondary N) is 2. The quantitative estimate of drug-likeness (QED) is 0.104. The highest BCUT2D eigenvalue weighted by molar-refractivity contribution is 5.94. The summed E-state index contributed by atoms with van der Waals surface area (Å²) in [6.45, 7) is 5.52. The molecule has 1 saturated heterocycles. The summed E-state index contributed by atoms with van der Waals surface area (Å²) in [7, 11) is 0. The lowest BCUT2D eigenvalue weighted by Crippen LogP contribution is -2.54. The Labute approximate surface area is 263 Å². The van der Waals surface area contributed by atoms with Gasteiger partial charge in [-0.2, -0.15) is 13.2 Å². The number of aromatic amines is 1. The van der Waals surface area contributed by atoms with E-state index in [-0.39, 0.29) is 42.1 Å². The minimum Gasteiger partial charge on any atom is -0.442 e. The van der Waals surface area contributed by atoms with E-state index in [2.05, 4.69) is 25.3 Å². The molecule has 1 spiro atoms. The maximum Gasteiger partial charge on any atom is 0.490 e. The maximum absolute atomic E-state index is 14.6. The summed E-state index contributed by atoms with van der Waals surface area (Å²) in [6.07, 6.45) is 0.297. The average Bonchev–Trinajstić information content (AvgIpc) is 3.45. The summed E-state index contributed by atoms with van der Waals surface area (Å²) in [6, 6.07) is 7.56. The summed E-state index contributed by atoms with van der Waals surface area (Å²) in [5, 5.41) is 6.54. The van der Waals surface area contributed by atoms with Crippen molar-refractivity contribution in [2.24, 2.45) is 5.41 Å². The zero-order valence-corrected chi connectivity index (χ0v) is 25.7. The van der Waals surface area contributed by atoms with Gasteiger partial charge in [0, 0.05) is 29.9 Å². The number of halogens is 4. The fraction of sp³-hybridized carbons (Fsp3) is 0.531. The Hall–Kier alpha value is -4.07. The van der Waals surface area contributed by atoms with Gasteiger partial charge in [0.05, 0.1) is 17.4 Å². The Morgan fingerprint density at radius 2 is 1.85 bits per heavy atom. The van der Waals surface area contributed by atoms with Gasteiger partial charge in [-0.05, 0) is 64.4 Å². The molecule has 0 radical (unpaired) electrons. The molecular formula is C32H37F4N5O5. The van der Waals surface area contributed by atoms with Crippen LogP contribution in [0.4, 0.5) is 17.6 Å². The number of hydrogen-bond donors (Lipinski definition) is 2. The summed E-state index contributed by atoms with van der Waals surface area (Å²) in [5.41, 5.74) is -3.36. The van der Waals surface area contributed by atoms with Gasteiger partial charge in [-0.3, -0.25) is 9.59 Å². The highest BCUT2D eigenvalue weighted by atomic mass is 19.4. The van der Waals surface area contributed by atoms with Crippen LogP contribution in [0.15, 0.2) is 47.3 Å². The second-order valence-corrected chi connectivity index (χ2v) is 12.4. The standard InChI is InChI=1S/C32H37F4N5O5/c1-3-41-16-14-30(15-17-41)20-31(30,46-28(44)32(34,35)36)27(43)39-29(2,13-8-4-5-11-25(42)23-12-18-45-40-23)26-37-19-24(38-26)21-9-6-7-10-22(21)33/h6-7,9-10,12,18-19H,3-5,8,11,13-17,20H2,1-2H3,(H,37,38)(H,39,43)/t29-,31+/m0/s1. The number of carbonyl (C=O) groups is 3. The second kappa shape index (κ2) is 13.0. The van der Waals surface area contributed by atoms with Crippen molar-refractivity contribution in [3.63, 3.8) is 0 Å². The molecule has 2 fully saturated rings. The number of nitrogens with zero attached hydrogens (tertiary/aromatic N) is 3. The van der Waals surface area contributed by atoms with Crippen molar-refractivity contribution in [1.82, 2.24) is 25.3 Å². The fourth-order valence-corrected chi connectivity index (χ4v) is 6.47. The van der Waals surface area contributed by atoms with Crippen molar-refractivity contribution in [3.05, 3.63) is 60.1 Å². The predicted molar refractivity (Wildman–Crippen MR) is 157 cm³/mol. The number of carbonyl (C=O) groups excluding carboxylic acids is 3. The molecule has 1 aliphatic heterocycles. The second-order valence-electron chi connectivity index (χ2n) is 12.4. The van der Waals surface area contributed by atoms with Crippen LogP contribution < -0.4 is 5.32 Å². The molecule has 0 unspecified atom stereocenters. The molecule has 2 N–H and O–H groups in total. The molecule has 2 aliphatic rings. The number of amides is 1. The number of unbranched alkanes of at least 4 members (excludes halogenated alkanes) is 2. The van der Waals surface area contributed by atoms with E-state index in [0.29, 0.717) is 50.9 Å².